The molecule has 2 unspecified atom stereocenters. The van der Waals surface area contributed by atoms with Gasteiger partial charge in [0.25, 0.3) is 11.8 Å². The number of pyridine rings is 1. The van der Waals surface area contributed by atoms with Gasteiger partial charge in [0, 0.05) is 18.4 Å². The van der Waals surface area contributed by atoms with Crippen molar-refractivity contribution in [1.82, 2.24) is 15.1 Å². The van der Waals surface area contributed by atoms with Gasteiger partial charge in [0.15, 0.2) is 0 Å². The lowest BCUT2D eigenvalue weighted by Gasteiger charge is -2.21. The van der Waals surface area contributed by atoms with Crippen molar-refractivity contribution in [2.24, 2.45) is 11.8 Å². The summed E-state index contributed by atoms with van der Waals surface area (Å²) in [5.41, 5.74) is 6.09. The Morgan fingerprint density at radius 3 is 3.00 bits per heavy atom. The summed E-state index contributed by atoms with van der Waals surface area (Å²) in [6, 6.07) is 3.38. The molecule has 2 atom stereocenters. The molecule has 1 amide bonds. The van der Waals surface area contributed by atoms with Gasteiger partial charge in [0.1, 0.15) is 5.82 Å². The molecule has 0 radical (unpaired) electrons. The number of hydrogen-bond donors (Lipinski definition) is 2. The van der Waals surface area contributed by atoms with E-state index in [1.165, 1.54) is 0 Å². The average Bonchev–Trinajstić information content (AvgIpc) is 3.16. The first kappa shape index (κ1) is 15.4. The van der Waals surface area contributed by atoms with Crippen molar-refractivity contribution < 1.29 is 14.1 Å². The van der Waals surface area contributed by atoms with Gasteiger partial charge in [-0.1, -0.05) is 13.8 Å². The molecule has 122 valence electrons. The largest absolute Gasteiger partial charge is 0.377 e. The number of rotatable bonds is 4. The molecular formula is C15H19N5O3. The molecule has 3 rings (SSSR count). The fourth-order valence-corrected chi connectivity index (χ4v) is 2.75. The van der Waals surface area contributed by atoms with Crippen LogP contribution in [0.15, 0.2) is 22.9 Å². The number of amides is 1. The molecule has 0 aromatic carbocycles. The third-order valence-electron chi connectivity index (χ3n) is 3.83. The molecule has 23 heavy (non-hydrogen) atoms. The second kappa shape index (κ2) is 6.33. The van der Waals surface area contributed by atoms with E-state index < -0.39 is 0 Å². The molecule has 1 aliphatic rings. The SMILES string of the molecule is CC(C)C1OCCC1C(=O)Nc1cc(-c2nc(N)no2)ccn1. The van der Waals surface area contributed by atoms with Crippen LogP contribution < -0.4 is 11.1 Å². The number of anilines is 2. The summed E-state index contributed by atoms with van der Waals surface area (Å²) in [5, 5.41) is 6.38. The fourth-order valence-electron chi connectivity index (χ4n) is 2.75. The second-order valence-electron chi connectivity index (χ2n) is 5.85. The normalized spacial score (nSPS) is 20.8. The minimum absolute atomic E-state index is 0.0604. The number of nitrogens with zero attached hydrogens (tertiary/aromatic N) is 3. The highest BCUT2D eigenvalue weighted by Crippen LogP contribution is 2.28. The second-order valence-corrected chi connectivity index (χ2v) is 5.85. The van der Waals surface area contributed by atoms with Gasteiger partial charge in [-0.3, -0.25) is 4.79 Å². The molecular weight excluding hydrogens is 298 g/mol. The summed E-state index contributed by atoms with van der Waals surface area (Å²) >= 11 is 0. The average molecular weight is 317 g/mol. The summed E-state index contributed by atoms with van der Waals surface area (Å²) in [6.45, 7) is 4.71. The topological polar surface area (TPSA) is 116 Å². The molecule has 3 heterocycles. The van der Waals surface area contributed by atoms with Gasteiger partial charge >= 0.3 is 0 Å². The quantitative estimate of drug-likeness (QED) is 0.881. The maximum absolute atomic E-state index is 12.5. The molecule has 8 heteroatoms. The number of carbonyl (C=O) groups is 1. The summed E-state index contributed by atoms with van der Waals surface area (Å²) < 4.78 is 10.7. The zero-order valence-electron chi connectivity index (χ0n) is 13.0. The third kappa shape index (κ3) is 3.31. The number of nitrogen functional groups attached to an aromatic ring is 1. The van der Waals surface area contributed by atoms with Crippen LogP contribution in [-0.4, -0.2) is 33.7 Å². The molecule has 3 N–H and O–H groups in total. The Balaban J connectivity index is 1.74. The van der Waals surface area contributed by atoms with Crippen LogP contribution in [0, 0.1) is 11.8 Å². The van der Waals surface area contributed by atoms with Crippen molar-refractivity contribution in [3.8, 4) is 11.5 Å². The first-order valence-electron chi connectivity index (χ1n) is 7.52. The van der Waals surface area contributed by atoms with Gasteiger partial charge < -0.3 is 20.3 Å². The maximum atomic E-state index is 12.5. The van der Waals surface area contributed by atoms with E-state index in [9.17, 15) is 4.79 Å². The first-order valence-corrected chi connectivity index (χ1v) is 7.52. The third-order valence-corrected chi connectivity index (χ3v) is 3.83. The van der Waals surface area contributed by atoms with Crippen LogP contribution in [0.4, 0.5) is 11.8 Å². The van der Waals surface area contributed by atoms with Crippen LogP contribution in [-0.2, 0) is 9.53 Å². The first-order chi connectivity index (χ1) is 11.0. The van der Waals surface area contributed by atoms with Gasteiger partial charge in [-0.25, -0.2) is 4.98 Å². The Morgan fingerprint density at radius 1 is 1.48 bits per heavy atom. The Labute approximate surface area is 133 Å². The molecule has 0 aliphatic carbocycles. The van der Waals surface area contributed by atoms with Gasteiger partial charge in [-0.15, -0.1) is 0 Å². The lowest BCUT2D eigenvalue weighted by Crippen LogP contribution is -2.33. The van der Waals surface area contributed by atoms with Crippen molar-refractivity contribution in [1.29, 1.82) is 0 Å². The number of nitrogens with one attached hydrogen (secondary N) is 1. The molecule has 1 saturated heterocycles. The number of nitrogens with two attached hydrogens (primary N) is 1. The van der Waals surface area contributed by atoms with Crippen molar-refractivity contribution >= 4 is 17.7 Å². The number of aromatic nitrogens is 3. The molecule has 1 aliphatic heterocycles. The predicted octanol–water partition coefficient (Wildman–Crippen LogP) is 1.71. The zero-order chi connectivity index (χ0) is 16.4. The number of carbonyl (C=O) groups excluding carboxylic acids is 1. The summed E-state index contributed by atoms with van der Waals surface area (Å²) in [5.74, 6) is 0.804. The van der Waals surface area contributed by atoms with Crippen LogP contribution >= 0.6 is 0 Å². The van der Waals surface area contributed by atoms with E-state index in [0.717, 1.165) is 0 Å². The highest BCUT2D eigenvalue weighted by Gasteiger charge is 2.36. The maximum Gasteiger partial charge on any atom is 0.261 e. The van der Waals surface area contributed by atoms with E-state index in [4.69, 9.17) is 15.0 Å². The zero-order valence-corrected chi connectivity index (χ0v) is 13.0. The Hall–Kier alpha value is -2.48. The van der Waals surface area contributed by atoms with Gasteiger partial charge in [-0.2, -0.15) is 4.98 Å². The van der Waals surface area contributed by atoms with Crippen LogP contribution in [0.25, 0.3) is 11.5 Å². The summed E-state index contributed by atoms with van der Waals surface area (Å²) in [7, 11) is 0. The van der Waals surface area contributed by atoms with E-state index in [1.54, 1.807) is 18.3 Å². The molecule has 0 saturated carbocycles. The summed E-state index contributed by atoms with van der Waals surface area (Å²) in [4.78, 5) is 20.6. The molecule has 2 aromatic rings. The predicted molar refractivity (Wildman–Crippen MR) is 83.3 cm³/mol. The Morgan fingerprint density at radius 2 is 2.30 bits per heavy atom. The van der Waals surface area contributed by atoms with E-state index in [2.05, 4.69) is 34.3 Å². The molecule has 0 bridgehead atoms. The molecule has 1 fully saturated rings. The molecule has 0 spiro atoms. The molecule has 8 nitrogen and oxygen atoms in total. The Kier molecular flexibility index (Phi) is 4.24. The lowest BCUT2D eigenvalue weighted by atomic mass is 9.92. The van der Waals surface area contributed by atoms with E-state index >= 15 is 0 Å². The van der Waals surface area contributed by atoms with E-state index in [0.29, 0.717) is 24.4 Å². The minimum atomic E-state index is -0.167. The monoisotopic (exact) mass is 317 g/mol. The van der Waals surface area contributed by atoms with Crippen LogP contribution in [0.3, 0.4) is 0 Å². The van der Waals surface area contributed by atoms with Gasteiger partial charge in [0.05, 0.1) is 12.0 Å². The minimum Gasteiger partial charge on any atom is -0.377 e. The fraction of sp³-hybridized carbons (Fsp3) is 0.467. The summed E-state index contributed by atoms with van der Waals surface area (Å²) in [6.07, 6.45) is 2.22. The van der Waals surface area contributed by atoms with Gasteiger partial charge in [-0.05, 0) is 29.6 Å². The van der Waals surface area contributed by atoms with Gasteiger partial charge in [0.2, 0.25) is 5.91 Å². The number of ether oxygens (including phenoxy) is 1. The van der Waals surface area contributed by atoms with E-state index in [-0.39, 0.29) is 35.7 Å². The van der Waals surface area contributed by atoms with Crippen molar-refractivity contribution in [3.63, 3.8) is 0 Å². The highest BCUT2D eigenvalue weighted by molar-refractivity contribution is 5.92. The highest BCUT2D eigenvalue weighted by atomic mass is 16.5. The number of hydrogen-bond acceptors (Lipinski definition) is 7. The standard InChI is InChI=1S/C15H19N5O3/c1-8(2)12-10(4-6-22-12)13(21)18-11-7-9(3-5-17-11)14-19-15(16)20-23-14/h3,5,7-8,10,12H,4,6H2,1-2H3,(H2,16,20)(H,17,18,21). The van der Waals surface area contributed by atoms with Crippen molar-refractivity contribution in [2.45, 2.75) is 26.4 Å². The van der Waals surface area contributed by atoms with Crippen LogP contribution in [0.5, 0.6) is 0 Å². The van der Waals surface area contributed by atoms with Crippen molar-refractivity contribution in [3.05, 3.63) is 18.3 Å². The van der Waals surface area contributed by atoms with Crippen LogP contribution in [0.1, 0.15) is 20.3 Å². The smallest absolute Gasteiger partial charge is 0.261 e. The lowest BCUT2D eigenvalue weighted by molar-refractivity contribution is -0.122. The molecule has 2 aromatic heterocycles. The van der Waals surface area contributed by atoms with Crippen LogP contribution in [0.2, 0.25) is 0 Å². The van der Waals surface area contributed by atoms with Crippen molar-refractivity contribution in [2.75, 3.05) is 17.7 Å². The van der Waals surface area contributed by atoms with E-state index in [1.807, 2.05) is 0 Å². The Bertz CT molecular complexity index is 700.